The van der Waals surface area contributed by atoms with Crippen molar-refractivity contribution in [1.82, 2.24) is 5.32 Å². The summed E-state index contributed by atoms with van der Waals surface area (Å²) < 4.78 is 5.19. The van der Waals surface area contributed by atoms with E-state index in [9.17, 15) is 14.9 Å². The summed E-state index contributed by atoms with van der Waals surface area (Å²) in [6.07, 6.45) is 0. The van der Waals surface area contributed by atoms with Crippen molar-refractivity contribution >= 4 is 17.3 Å². The number of benzene rings is 1. The zero-order valence-electron chi connectivity index (χ0n) is 11.4. The third kappa shape index (κ3) is 4.18. The fourth-order valence-corrected chi connectivity index (χ4v) is 1.60. The molecule has 8 nitrogen and oxygen atoms in total. The highest BCUT2D eigenvalue weighted by Crippen LogP contribution is 2.24. The predicted molar refractivity (Wildman–Crippen MR) is 74.3 cm³/mol. The normalized spacial score (nSPS) is 11.8. The summed E-state index contributed by atoms with van der Waals surface area (Å²) in [6.45, 7) is 4.64. The van der Waals surface area contributed by atoms with Gasteiger partial charge in [0.15, 0.2) is 0 Å². The first kappa shape index (κ1) is 15.9. The van der Waals surface area contributed by atoms with Crippen molar-refractivity contribution in [3.63, 3.8) is 0 Å². The number of nitrogens with two attached hydrogens (primary N) is 1. The Hall–Kier alpha value is -2.19. The summed E-state index contributed by atoms with van der Waals surface area (Å²) in [5.41, 5.74) is 2.39. The van der Waals surface area contributed by atoms with Crippen molar-refractivity contribution in [3.05, 3.63) is 33.9 Å². The zero-order valence-corrected chi connectivity index (χ0v) is 11.4. The first-order valence-corrected chi connectivity index (χ1v) is 6.13. The van der Waals surface area contributed by atoms with Crippen LogP contribution in [0, 0.1) is 10.1 Å². The lowest BCUT2D eigenvalue weighted by Crippen LogP contribution is -2.36. The van der Waals surface area contributed by atoms with E-state index in [2.05, 4.69) is 10.7 Å². The van der Waals surface area contributed by atoms with Gasteiger partial charge in [0.05, 0.1) is 11.5 Å². The van der Waals surface area contributed by atoms with Crippen LogP contribution in [0.1, 0.15) is 24.2 Å². The Balaban J connectivity index is 2.81. The Bertz CT molecular complexity index is 492. The zero-order chi connectivity index (χ0) is 15.1. The maximum atomic E-state index is 12.0. The van der Waals surface area contributed by atoms with Gasteiger partial charge in [0.2, 0.25) is 0 Å². The Kier molecular flexibility index (Phi) is 5.88. The Morgan fingerprint density at radius 3 is 2.80 bits per heavy atom. The van der Waals surface area contributed by atoms with E-state index in [0.717, 1.165) is 0 Å². The van der Waals surface area contributed by atoms with Gasteiger partial charge in [0.1, 0.15) is 5.69 Å². The topological polar surface area (TPSA) is 120 Å². The quantitative estimate of drug-likeness (QED) is 0.390. The van der Waals surface area contributed by atoms with Crippen molar-refractivity contribution < 1.29 is 14.5 Å². The summed E-state index contributed by atoms with van der Waals surface area (Å²) >= 11 is 0. The highest BCUT2D eigenvalue weighted by Gasteiger charge is 2.17. The van der Waals surface area contributed by atoms with Gasteiger partial charge in [-0.15, -0.1) is 0 Å². The SMILES string of the molecule is CCOCC(C)NC(=O)c1ccc([N+](=O)[O-])c(NN)c1. The number of nitrogen functional groups attached to an aromatic ring is 1. The number of hydrogen-bond donors (Lipinski definition) is 3. The van der Waals surface area contributed by atoms with Gasteiger partial charge in [-0.25, -0.2) is 0 Å². The van der Waals surface area contributed by atoms with Crippen LogP contribution in [-0.4, -0.2) is 30.1 Å². The molecule has 0 saturated carbocycles. The molecule has 0 bridgehead atoms. The van der Waals surface area contributed by atoms with Crippen molar-refractivity contribution in [3.8, 4) is 0 Å². The molecule has 0 aliphatic heterocycles. The molecule has 1 aromatic carbocycles. The van der Waals surface area contributed by atoms with Crippen molar-refractivity contribution in [2.75, 3.05) is 18.6 Å². The molecule has 0 aromatic heterocycles. The number of carbonyl (C=O) groups is 1. The molecule has 0 spiro atoms. The summed E-state index contributed by atoms with van der Waals surface area (Å²) in [6, 6.07) is 3.78. The molecule has 8 heteroatoms. The number of ether oxygens (including phenoxy) is 1. The molecule has 0 saturated heterocycles. The van der Waals surface area contributed by atoms with Crippen LogP contribution in [0.3, 0.4) is 0 Å². The molecule has 110 valence electrons. The van der Waals surface area contributed by atoms with Gasteiger partial charge in [-0.05, 0) is 26.0 Å². The van der Waals surface area contributed by atoms with Crippen LogP contribution in [-0.2, 0) is 4.74 Å². The number of amides is 1. The highest BCUT2D eigenvalue weighted by molar-refractivity contribution is 5.96. The highest BCUT2D eigenvalue weighted by atomic mass is 16.6. The molecule has 1 aromatic rings. The largest absolute Gasteiger partial charge is 0.380 e. The second-order valence-corrected chi connectivity index (χ2v) is 4.17. The predicted octanol–water partition coefficient (Wildman–Crippen LogP) is 1.04. The lowest BCUT2D eigenvalue weighted by atomic mass is 10.1. The minimum absolute atomic E-state index is 0.0834. The summed E-state index contributed by atoms with van der Waals surface area (Å²) in [7, 11) is 0. The van der Waals surface area contributed by atoms with Crippen LogP contribution < -0.4 is 16.6 Å². The first-order valence-electron chi connectivity index (χ1n) is 6.13. The molecule has 0 fully saturated rings. The number of carbonyl (C=O) groups excluding carboxylic acids is 1. The van der Waals surface area contributed by atoms with Crippen LogP contribution in [0.15, 0.2) is 18.2 Å². The van der Waals surface area contributed by atoms with E-state index in [0.29, 0.717) is 13.2 Å². The van der Waals surface area contributed by atoms with Crippen LogP contribution in [0.5, 0.6) is 0 Å². The Labute approximate surface area is 116 Å². The maximum Gasteiger partial charge on any atom is 0.293 e. The first-order chi connectivity index (χ1) is 9.49. The lowest BCUT2D eigenvalue weighted by Gasteiger charge is -2.14. The fourth-order valence-electron chi connectivity index (χ4n) is 1.60. The van der Waals surface area contributed by atoms with Crippen molar-refractivity contribution in [1.29, 1.82) is 0 Å². The lowest BCUT2D eigenvalue weighted by molar-refractivity contribution is -0.384. The van der Waals surface area contributed by atoms with E-state index >= 15 is 0 Å². The van der Waals surface area contributed by atoms with E-state index in [1.54, 1.807) is 6.92 Å². The van der Waals surface area contributed by atoms with Gasteiger partial charge in [-0.2, -0.15) is 0 Å². The van der Waals surface area contributed by atoms with E-state index in [1.165, 1.54) is 18.2 Å². The van der Waals surface area contributed by atoms with E-state index < -0.39 is 4.92 Å². The number of nitrogens with zero attached hydrogens (tertiary/aromatic N) is 1. The maximum absolute atomic E-state index is 12.0. The number of nitrogens with one attached hydrogen (secondary N) is 2. The Morgan fingerprint density at radius 1 is 1.55 bits per heavy atom. The summed E-state index contributed by atoms with van der Waals surface area (Å²) in [5.74, 6) is 4.87. The standard InChI is InChI=1S/C12H18N4O4/c1-3-20-7-8(2)14-12(17)9-4-5-11(16(18)19)10(6-9)15-13/h4-6,8,15H,3,7,13H2,1-2H3,(H,14,17). The molecule has 1 rings (SSSR count). The number of rotatable bonds is 7. The number of anilines is 1. The van der Waals surface area contributed by atoms with Crippen molar-refractivity contribution in [2.24, 2.45) is 5.84 Å². The van der Waals surface area contributed by atoms with Crippen molar-refractivity contribution in [2.45, 2.75) is 19.9 Å². The summed E-state index contributed by atoms with van der Waals surface area (Å²) in [4.78, 5) is 22.1. The van der Waals surface area contributed by atoms with Crippen LogP contribution in [0.4, 0.5) is 11.4 Å². The molecule has 1 unspecified atom stereocenters. The van der Waals surface area contributed by atoms with Gasteiger partial charge in [0, 0.05) is 24.3 Å². The molecule has 20 heavy (non-hydrogen) atoms. The van der Waals surface area contributed by atoms with Gasteiger partial charge in [-0.1, -0.05) is 0 Å². The molecular formula is C12H18N4O4. The van der Waals surface area contributed by atoms with E-state index in [-0.39, 0.29) is 28.9 Å². The van der Waals surface area contributed by atoms with Gasteiger partial charge < -0.3 is 15.5 Å². The second-order valence-electron chi connectivity index (χ2n) is 4.17. The number of hydrogen-bond acceptors (Lipinski definition) is 6. The Morgan fingerprint density at radius 2 is 2.25 bits per heavy atom. The molecule has 1 atom stereocenters. The molecule has 0 aliphatic carbocycles. The van der Waals surface area contributed by atoms with Crippen LogP contribution >= 0.6 is 0 Å². The van der Waals surface area contributed by atoms with Crippen LogP contribution in [0.2, 0.25) is 0 Å². The number of hydrazine groups is 1. The molecular weight excluding hydrogens is 264 g/mol. The van der Waals surface area contributed by atoms with E-state index in [4.69, 9.17) is 10.6 Å². The molecule has 4 N–H and O–H groups in total. The molecule has 1 amide bonds. The monoisotopic (exact) mass is 282 g/mol. The van der Waals surface area contributed by atoms with Crippen LogP contribution in [0.25, 0.3) is 0 Å². The number of nitro benzene ring substituents is 1. The molecule has 0 heterocycles. The fraction of sp³-hybridized carbons (Fsp3) is 0.417. The van der Waals surface area contributed by atoms with Gasteiger partial charge in [0.25, 0.3) is 11.6 Å². The average Bonchev–Trinajstić information content (AvgIpc) is 2.44. The average molecular weight is 282 g/mol. The minimum atomic E-state index is -0.575. The van der Waals surface area contributed by atoms with Gasteiger partial charge in [-0.3, -0.25) is 20.8 Å². The van der Waals surface area contributed by atoms with E-state index in [1.807, 2.05) is 6.92 Å². The van der Waals surface area contributed by atoms with Gasteiger partial charge >= 0.3 is 0 Å². The molecule has 0 radical (unpaired) electrons. The number of nitro groups is 1. The molecule has 0 aliphatic rings. The second kappa shape index (κ2) is 7.41. The minimum Gasteiger partial charge on any atom is -0.380 e. The third-order valence-electron chi connectivity index (χ3n) is 2.56. The third-order valence-corrected chi connectivity index (χ3v) is 2.56. The summed E-state index contributed by atoms with van der Waals surface area (Å²) in [5, 5.41) is 13.5. The smallest absolute Gasteiger partial charge is 0.293 e.